The molecule has 1 aromatic carbocycles. The zero-order valence-electron chi connectivity index (χ0n) is 11.8. The summed E-state index contributed by atoms with van der Waals surface area (Å²) < 4.78 is 27.2. The summed E-state index contributed by atoms with van der Waals surface area (Å²) in [4.78, 5) is 4.52. The van der Waals surface area contributed by atoms with Crippen molar-refractivity contribution in [1.29, 1.82) is 0 Å². The first-order valence-corrected chi connectivity index (χ1v) is 8.92. The second-order valence-corrected chi connectivity index (χ2v) is 7.61. The number of rotatable bonds is 5. The quantitative estimate of drug-likeness (QED) is 0.791. The normalized spacial score (nSPS) is 15.8. The number of fused-ring (bicyclic) bond motifs is 1. The molecule has 1 fully saturated rings. The topological polar surface area (TPSA) is 50.3 Å². The van der Waals surface area contributed by atoms with E-state index in [-0.39, 0.29) is 6.04 Å². The van der Waals surface area contributed by atoms with Crippen LogP contribution in [-0.2, 0) is 10.0 Å². The number of hydrogen-bond acceptors (Lipinski definition) is 3. The Morgan fingerprint density at radius 3 is 2.71 bits per heavy atom. The second kappa shape index (κ2) is 5.55. The minimum Gasteiger partial charge on any atom is -0.236 e. The fourth-order valence-corrected chi connectivity index (χ4v) is 4.42. The van der Waals surface area contributed by atoms with E-state index in [0.29, 0.717) is 22.1 Å². The van der Waals surface area contributed by atoms with Crippen LogP contribution in [0.3, 0.4) is 0 Å². The van der Waals surface area contributed by atoms with E-state index in [1.54, 1.807) is 34.6 Å². The predicted molar refractivity (Wildman–Crippen MR) is 84.0 cm³/mol. The smallest absolute Gasteiger partial charge is 0.236 e. The molecule has 0 atom stereocenters. The van der Waals surface area contributed by atoms with E-state index < -0.39 is 10.0 Å². The van der Waals surface area contributed by atoms with Crippen LogP contribution in [0.5, 0.6) is 0 Å². The Balaban J connectivity index is 2.03. The number of pyridine rings is 1. The second-order valence-electron chi connectivity index (χ2n) is 5.34. The van der Waals surface area contributed by atoms with Crippen molar-refractivity contribution in [3.8, 4) is 0 Å². The van der Waals surface area contributed by atoms with E-state index in [1.165, 1.54) is 0 Å². The van der Waals surface area contributed by atoms with E-state index in [2.05, 4.69) is 4.98 Å². The Hall–Kier alpha value is -1.17. The molecule has 0 radical (unpaired) electrons. The molecule has 6 heteroatoms. The van der Waals surface area contributed by atoms with Gasteiger partial charge in [0.1, 0.15) is 5.15 Å². The van der Waals surface area contributed by atoms with Crippen LogP contribution in [0.2, 0.25) is 5.15 Å². The number of nitrogens with zero attached hydrogens (tertiary/aromatic N) is 2. The van der Waals surface area contributed by atoms with Crippen molar-refractivity contribution < 1.29 is 8.42 Å². The van der Waals surface area contributed by atoms with Crippen molar-refractivity contribution in [2.75, 3.05) is 6.54 Å². The molecule has 0 unspecified atom stereocenters. The lowest BCUT2D eigenvalue weighted by Crippen LogP contribution is -2.33. The van der Waals surface area contributed by atoms with Gasteiger partial charge in [-0.05, 0) is 49.6 Å². The zero-order valence-corrected chi connectivity index (χ0v) is 13.4. The SMILES string of the molecule is CCCN(C1CC1)S(=O)(=O)c1ccc2nc(Cl)ccc2c1. The van der Waals surface area contributed by atoms with Gasteiger partial charge in [-0.15, -0.1) is 0 Å². The minimum absolute atomic E-state index is 0.175. The largest absolute Gasteiger partial charge is 0.243 e. The summed E-state index contributed by atoms with van der Waals surface area (Å²) in [5.74, 6) is 0. The first-order chi connectivity index (χ1) is 10.0. The van der Waals surface area contributed by atoms with Crippen molar-refractivity contribution in [2.45, 2.75) is 37.1 Å². The van der Waals surface area contributed by atoms with Crippen molar-refractivity contribution >= 4 is 32.5 Å². The highest BCUT2D eigenvalue weighted by Gasteiger charge is 2.37. The molecule has 1 aromatic heterocycles. The fourth-order valence-electron chi connectivity index (χ4n) is 2.46. The van der Waals surface area contributed by atoms with Crippen LogP contribution in [0.15, 0.2) is 35.2 Å². The average Bonchev–Trinajstić information content (AvgIpc) is 3.28. The fraction of sp³-hybridized carbons (Fsp3) is 0.400. The van der Waals surface area contributed by atoms with E-state index >= 15 is 0 Å². The van der Waals surface area contributed by atoms with Gasteiger partial charge in [0.05, 0.1) is 10.4 Å². The summed E-state index contributed by atoms with van der Waals surface area (Å²) in [6.45, 7) is 2.57. The van der Waals surface area contributed by atoms with Crippen LogP contribution >= 0.6 is 11.6 Å². The van der Waals surface area contributed by atoms with Crippen LogP contribution in [0.1, 0.15) is 26.2 Å². The van der Waals surface area contributed by atoms with Gasteiger partial charge in [-0.1, -0.05) is 18.5 Å². The number of halogens is 1. The zero-order chi connectivity index (χ0) is 15.0. The Kier molecular flexibility index (Phi) is 3.90. The molecule has 3 rings (SSSR count). The molecule has 1 heterocycles. The maximum atomic E-state index is 12.8. The summed E-state index contributed by atoms with van der Waals surface area (Å²) in [6.07, 6.45) is 2.74. The highest BCUT2D eigenvalue weighted by Crippen LogP contribution is 2.32. The molecule has 1 saturated carbocycles. The molecule has 0 amide bonds. The third-order valence-corrected chi connectivity index (χ3v) is 5.79. The molecule has 4 nitrogen and oxygen atoms in total. The third kappa shape index (κ3) is 2.91. The van der Waals surface area contributed by atoms with Crippen LogP contribution in [0.4, 0.5) is 0 Å². The standard InChI is InChI=1S/C15H17ClN2O2S/c1-2-9-18(12-4-5-12)21(19,20)13-6-7-14-11(10-13)3-8-15(16)17-14/h3,6-8,10,12H,2,4-5,9H2,1H3. The molecule has 21 heavy (non-hydrogen) atoms. The predicted octanol–water partition coefficient (Wildman–Crippen LogP) is 3.45. The molecule has 112 valence electrons. The van der Waals surface area contributed by atoms with Gasteiger partial charge in [0.15, 0.2) is 0 Å². The molecule has 0 aliphatic heterocycles. The average molecular weight is 325 g/mol. The molecule has 2 aromatic rings. The molecule has 0 saturated heterocycles. The lowest BCUT2D eigenvalue weighted by molar-refractivity contribution is 0.403. The molecular weight excluding hydrogens is 308 g/mol. The van der Waals surface area contributed by atoms with Crippen LogP contribution in [0.25, 0.3) is 10.9 Å². The van der Waals surface area contributed by atoms with Gasteiger partial charge in [-0.25, -0.2) is 13.4 Å². The van der Waals surface area contributed by atoms with Crippen molar-refractivity contribution in [1.82, 2.24) is 9.29 Å². The number of aromatic nitrogens is 1. The summed E-state index contributed by atoms with van der Waals surface area (Å²) >= 11 is 5.85. The van der Waals surface area contributed by atoms with E-state index in [0.717, 1.165) is 24.6 Å². The monoisotopic (exact) mass is 324 g/mol. The van der Waals surface area contributed by atoms with E-state index in [4.69, 9.17) is 11.6 Å². The van der Waals surface area contributed by atoms with Crippen molar-refractivity contribution in [3.05, 3.63) is 35.5 Å². The minimum atomic E-state index is -3.43. The molecular formula is C15H17ClN2O2S. The van der Waals surface area contributed by atoms with Gasteiger partial charge < -0.3 is 0 Å². The number of benzene rings is 1. The number of sulfonamides is 1. The molecule has 1 aliphatic carbocycles. The lowest BCUT2D eigenvalue weighted by atomic mass is 10.2. The van der Waals surface area contributed by atoms with Gasteiger partial charge in [0.2, 0.25) is 10.0 Å². The maximum absolute atomic E-state index is 12.8. The Morgan fingerprint density at radius 1 is 1.29 bits per heavy atom. The van der Waals surface area contributed by atoms with Gasteiger partial charge in [0, 0.05) is 18.0 Å². The van der Waals surface area contributed by atoms with E-state index in [1.807, 2.05) is 6.92 Å². The Bertz CT molecular complexity index is 772. The van der Waals surface area contributed by atoms with Gasteiger partial charge in [0.25, 0.3) is 0 Å². The molecule has 0 bridgehead atoms. The number of hydrogen-bond donors (Lipinski definition) is 0. The molecule has 0 N–H and O–H groups in total. The van der Waals surface area contributed by atoms with Crippen molar-refractivity contribution in [2.24, 2.45) is 0 Å². The molecule has 0 spiro atoms. The Morgan fingerprint density at radius 2 is 2.05 bits per heavy atom. The summed E-state index contributed by atoms with van der Waals surface area (Å²) in [6, 6.07) is 8.65. The maximum Gasteiger partial charge on any atom is 0.243 e. The Labute approximate surface area is 129 Å². The lowest BCUT2D eigenvalue weighted by Gasteiger charge is -2.21. The first kappa shape index (κ1) is 14.8. The van der Waals surface area contributed by atoms with Crippen LogP contribution < -0.4 is 0 Å². The van der Waals surface area contributed by atoms with Gasteiger partial charge in [-0.3, -0.25) is 0 Å². The summed E-state index contributed by atoms with van der Waals surface area (Å²) in [7, 11) is -3.43. The summed E-state index contributed by atoms with van der Waals surface area (Å²) in [5.41, 5.74) is 0.704. The highest BCUT2D eigenvalue weighted by molar-refractivity contribution is 7.89. The van der Waals surface area contributed by atoms with Crippen LogP contribution in [-0.4, -0.2) is 30.3 Å². The van der Waals surface area contributed by atoms with E-state index in [9.17, 15) is 8.42 Å². The molecule has 1 aliphatic rings. The van der Waals surface area contributed by atoms with Crippen LogP contribution in [0, 0.1) is 0 Å². The van der Waals surface area contributed by atoms with Crippen molar-refractivity contribution in [3.63, 3.8) is 0 Å². The highest BCUT2D eigenvalue weighted by atomic mass is 35.5. The first-order valence-electron chi connectivity index (χ1n) is 7.10. The summed E-state index contributed by atoms with van der Waals surface area (Å²) in [5, 5.41) is 1.19. The van der Waals surface area contributed by atoms with Gasteiger partial charge in [-0.2, -0.15) is 4.31 Å². The van der Waals surface area contributed by atoms with Gasteiger partial charge >= 0.3 is 0 Å². The third-order valence-electron chi connectivity index (χ3n) is 3.63.